The summed E-state index contributed by atoms with van der Waals surface area (Å²) in [5.74, 6) is -1.84. The number of halogens is 2. The molecule has 1 amide bonds. The Balaban J connectivity index is 1.91. The maximum Gasteiger partial charge on any atom is 0.262 e. The van der Waals surface area contributed by atoms with E-state index in [4.69, 9.17) is 4.74 Å². The minimum atomic E-state index is -0.862. The number of nitrogens with one attached hydrogen (secondary N) is 1. The van der Waals surface area contributed by atoms with Crippen molar-refractivity contribution in [1.29, 1.82) is 0 Å². The number of rotatable bonds is 5. The average molecular weight is 305 g/mol. The molecule has 1 N–H and O–H groups in total. The van der Waals surface area contributed by atoms with Gasteiger partial charge < -0.3 is 10.1 Å². The third-order valence-electron chi connectivity index (χ3n) is 2.84. The summed E-state index contributed by atoms with van der Waals surface area (Å²) in [6, 6.07) is 9.12. The van der Waals surface area contributed by atoms with E-state index in [0.29, 0.717) is 17.4 Å². The van der Waals surface area contributed by atoms with Crippen LogP contribution >= 0.6 is 0 Å². The molecule has 0 fully saturated rings. The van der Waals surface area contributed by atoms with Crippen molar-refractivity contribution in [1.82, 2.24) is 0 Å². The van der Waals surface area contributed by atoms with Gasteiger partial charge in [0.25, 0.3) is 5.91 Å². The maximum atomic E-state index is 13.4. The lowest BCUT2D eigenvalue weighted by Crippen LogP contribution is -2.20. The molecular formula is C16H13F2NO3. The van der Waals surface area contributed by atoms with Crippen LogP contribution in [0.15, 0.2) is 42.5 Å². The summed E-state index contributed by atoms with van der Waals surface area (Å²) in [5.41, 5.74) is 0.409. The molecule has 0 aliphatic heterocycles. The second kappa shape index (κ2) is 6.80. The fourth-order valence-corrected chi connectivity index (χ4v) is 1.71. The average Bonchev–Trinajstić information content (AvgIpc) is 2.48. The minimum absolute atomic E-state index is 0.0731. The number of amides is 1. The van der Waals surface area contributed by atoms with Crippen molar-refractivity contribution in [2.45, 2.75) is 6.92 Å². The van der Waals surface area contributed by atoms with E-state index in [2.05, 4.69) is 5.32 Å². The molecule has 0 saturated carbocycles. The van der Waals surface area contributed by atoms with Gasteiger partial charge in [-0.25, -0.2) is 8.78 Å². The van der Waals surface area contributed by atoms with Crippen molar-refractivity contribution in [3.63, 3.8) is 0 Å². The molecule has 0 spiro atoms. The molecule has 0 radical (unpaired) electrons. The van der Waals surface area contributed by atoms with Gasteiger partial charge in [0, 0.05) is 11.6 Å². The fraction of sp³-hybridized carbons (Fsp3) is 0.125. The lowest BCUT2D eigenvalue weighted by molar-refractivity contribution is -0.118. The van der Waals surface area contributed by atoms with Crippen LogP contribution in [0.3, 0.4) is 0 Å². The van der Waals surface area contributed by atoms with Crippen LogP contribution in [0.4, 0.5) is 14.5 Å². The smallest absolute Gasteiger partial charge is 0.262 e. The Morgan fingerprint density at radius 1 is 1.09 bits per heavy atom. The first-order valence-electron chi connectivity index (χ1n) is 6.44. The SMILES string of the molecule is CC(=O)c1ccc(OCC(=O)Nc2ccc(F)cc2F)cc1. The van der Waals surface area contributed by atoms with Gasteiger partial charge in [-0.05, 0) is 43.3 Å². The largest absolute Gasteiger partial charge is 0.484 e. The van der Waals surface area contributed by atoms with Crippen molar-refractivity contribution in [2.75, 3.05) is 11.9 Å². The van der Waals surface area contributed by atoms with E-state index in [-0.39, 0.29) is 18.1 Å². The predicted molar refractivity (Wildman–Crippen MR) is 76.9 cm³/mol. The van der Waals surface area contributed by atoms with E-state index in [0.717, 1.165) is 12.1 Å². The third-order valence-corrected chi connectivity index (χ3v) is 2.84. The van der Waals surface area contributed by atoms with E-state index < -0.39 is 17.5 Å². The molecule has 0 aliphatic rings. The Hall–Kier alpha value is -2.76. The molecule has 6 heteroatoms. The number of ether oxygens (including phenoxy) is 1. The van der Waals surface area contributed by atoms with Crippen LogP contribution in [0.2, 0.25) is 0 Å². The van der Waals surface area contributed by atoms with Crippen LogP contribution in [0, 0.1) is 11.6 Å². The Morgan fingerprint density at radius 2 is 1.77 bits per heavy atom. The van der Waals surface area contributed by atoms with Crippen molar-refractivity contribution in [3.8, 4) is 5.75 Å². The zero-order valence-corrected chi connectivity index (χ0v) is 11.7. The Labute approximate surface area is 125 Å². The molecule has 0 atom stereocenters. The number of ketones is 1. The number of carbonyl (C=O) groups is 2. The highest BCUT2D eigenvalue weighted by Gasteiger charge is 2.09. The molecule has 114 valence electrons. The molecule has 0 aliphatic carbocycles. The van der Waals surface area contributed by atoms with Gasteiger partial charge in [0.2, 0.25) is 0 Å². The molecule has 2 rings (SSSR count). The van der Waals surface area contributed by atoms with Gasteiger partial charge in [-0.3, -0.25) is 9.59 Å². The molecule has 2 aromatic rings. The van der Waals surface area contributed by atoms with E-state index >= 15 is 0 Å². The fourth-order valence-electron chi connectivity index (χ4n) is 1.71. The van der Waals surface area contributed by atoms with Gasteiger partial charge in [0.05, 0.1) is 5.69 Å². The number of anilines is 1. The normalized spacial score (nSPS) is 10.1. The number of hydrogen-bond acceptors (Lipinski definition) is 3. The van der Waals surface area contributed by atoms with Gasteiger partial charge in [-0.2, -0.15) is 0 Å². The second-order valence-electron chi connectivity index (χ2n) is 4.54. The van der Waals surface area contributed by atoms with Crippen LogP contribution in [-0.2, 0) is 4.79 Å². The van der Waals surface area contributed by atoms with Crippen LogP contribution in [-0.4, -0.2) is 18.3 Å². The lowest BCUT2D eigenvalue weighted by Gasteiger charge is -2.08. The first kappa shape index (κ1) is 15.6. The Morgan fingerprint density at radius 3 is 2.36 bits per heavy atom. The highest BCUT2D eigenvalue weighted by Crippen LogP contribution is 2.15. The first-order chi connectivity index (χ1) is 10.5. The standard InChI is InChI=1S/C16H13F2NO3/c1-10(20)11-2-5-13(6-3-11)22-9-16(21)19-15-7-4-12(17)8-14(15)18/h2-8H,9H2,1H3,(H,19,21). The predicted octanol–water partition coefficient (Wildman–Crippen LogP) is 3.18. The summed E-state index contributed by atoms with van der Waals surface area (Å²) < 4.78 is 31.3. The summed E-state index contributed by atoms with van der Waals surface area (Å²) in [4.78, 5) is 22.8. The lowest BCUT2D eigenvalue weighted by atomic mass is 10.1. The van der Waals surface area contributed by atoms with Crippen LogP contribution < -0.4 is 10.1 Å². The Bertz CT molecular complexity index is 699. The zero-order chi connectivity index (χ0) is 16.1. The highest BCUT2D eigenvalue weighted by atomic mass is 19.1. The molecule has 0 saturated heterocycles. The zero-order valence-electron chi connectivity index (χ0n) is 11.7. The summed E-state index contributed by atoms with van der Waals surface area (Å²) in [6.45, 7) is 1.11. The third kappa shape index (κ3) is 4.12. The van der Waals surface area contributed by atoms with Crippen molar-refractivity contribution < 1.29 is 23.1 Å². The van der Waals surface area contributed by atoms with E-state index in [1.54, 1.807) is 24.3 Å². The number of Topliss-reactive ketones (excluding diaryl/α,β-unsaturated/α-hetero) is 1. The monoisotopic (exact) mass is 305 g/mol. The number of benzene rings is 2. The molecule has 0 unspecified atom stereocenters. The quantitative estimate of drug-likeness (QED) is 0.863. The van der Waals surface area contributed by atoms with Gasteiger partial charge in [0.15, 0.2) is 12.4 Å². The summed E-state index contributed by atoms with van der Waals surface area (Å²) in [5, 5.41) is 2.28. The maximum absolute atomic E-state index is 13.4. The summed E-state index contributed by atoms with van der Waals surface area (Å²) in [7, 11) is 0. The van der Waals surface area contributed by atoms with Gasteiger partial charge in [0.1, 0.15) is 17.4 Å². The van der Waals surface area contributed by atoms with Crippen molar-refractivity contribution >= 4 is 17.4 Å². The molecule has 22 heavy (non-hydrogen) atoms. The molecule has 4 nitrogen and oxygen atoms in total. The molecule has 2 aromatic carbocycles. The van der Waals surface area contributed by atoms with Crippen LogP contribution in [0.25, 0.3) is 0 Å². The molecule has 0 heterocycles. The first-order valence-corrected chi connectivity index (χ1v) is 6.44. The summed E-state index contributed by atoms with van der Waals surface area (Å²) in [6.07, 6.45) is 0. The van der Waals surface area contributed by atoms with E-state index in [9.17, 15) is 18.4 Å². The molecular weight excluding hydrogens is 292 g/mol. The van der Waals surface area contributed by atoms with E-state index in [1.807, 2.05) is 0 Å². The Kier molecular flexibility index (Phi) is 4.83. The minimum Gasteiger partial charge on any atom is -0.484 e. The number of hydrogen-bond donors (Lipinski definition) is 1. The second-order valence-corrected chi connectivity index (χ2v) is 4.54. The molecule has 0 bridgehead atoms. The van der Waals surface area contributed by atoms with Gasteiger partial charge in [-0.15, -0.1) is 0 Å². The topological polar surface area (TPSA) is 55.4 Å². The van der Waals surface area contributed by atoms with Gasteiger partial charge in [-0.1, -0.05) is 0 Å². The van der Waals surface area contributed by atoms with E-state index in [1.165, 1.54) is 6.92 Å². The highest BCUT2D eigenvalue weighted by molar-refractivity contribution is 5.94. The molecule has 0 aromatic heterocycles. The summed E-state index contributed by atoms with van der Waals surface area (Å²) >= 11 is 0. The van der Waals surface area contributed by atoms with Crippen LogP contribution in [0.5, 0.6) is 5.75 Å². The van der Waals surface area contributed by atoms with Crippen molar-refractivity contribution in [3.05, 3.63) is 59.7 Å². The van der Waals surface area contributed by atoms with Crippen LogP contribution in [0.1, 0.15) is 17.3 Å². The van der Waals surface area contributed by atoms with Gasteiger partial charge >= 0.3 is 0 Å². The number of carbonyl (C=O) groups excluding carboxylic acids is 2. The van der Waals surface area contributed by atoms with Crippen molar-refractivity contribution in [2.24, 2.45) is 0 Å².